The number of carbonyl (C=O) groups is 1. The molecule has 0 aliphatic rings. The molecular formula is C17H20N2O3. The molecule has 0 heterocycles. The van der Waals surface area contributed by atoms with Crippen LogP contribution in [0, 0.1) is 0 Å². The van der Waals surface area contributed by atoms with E-state index in [-0.39, 0.29) is 11.9 Å². The highest BCUT2D eigenvalue weighted by molar-refractivity contribution is 6.04. The van der Waals surface area contributed by atoms with Crippen LogP contribution < -0.4 is 20.5 Å². The number of anilines is 1. The Bertz CT molecular complexity index is 651. The highest BCUT2D eigenvalue weighted by atomic mass is 16.5. The summed E-state index contributed by atoms with van der Waals surface area (Å²) in [7, 11) is 3.09. The third kappa shape index (κ3) is 3.56. The smallest absolute Gasteiger partial charge is 0.255 e. The second-order valence-corrected chi connectivity index (χ2v) is 4.93. The lowest BCUT2D eigenvalue weighted by molar-refractivity contribution is 0.102. The molecule has 1 amide bonds. The summed E-state index contributed by atoms with van der Waals surface area (Å²) in [6.07, 6.45) is 0. The third-order valence-electron chi connectivity index (χ3n) is 3.34. The van der Waals surface area contributed by atoms with Gasteiger partial charge in [-0.1, -0.05) is 12.1 Å². The van der Waals surface area contributed by atoms with Gasteiger partial charge >= 0.3 is 0 Å². The molecule has 116 valence electrons. The lowest BCUT2D eigenvalue weighted by Gasteiger charge is -2.11. The van der Waals surface area contributed by atoms with E-state index in [0.29, 0.717) is 22.7 Å². The van der Waals surface area contributed by atoms with Crippen LogP contribution in [0.3, 0.4) is 0 Å². The number of hydrogen-bond donors (Lipinski definition) is 2. The van der Waals surface area contributed by atoms with Crippen molar-refractivity contribution >= 4 is 11.6 Å². The van der Waals surface area contributed by atoms with Gasteiger partial charge in [-0.3, -0.25) is 4.79 Å². The van der Waals surface area contributed by atoms with Crippen molar-refractivity contribution in [2.24, 2.45) is 5.73 Å². The Hall–Kier alpha value is -2.53. The number of carbonyl (C=O) groups excluding carboxylic acids is 1. The highest BCUT2D eigenvalue weighted by Gasteiger charge is 2.11. The maximum Gasteiger partial charge on any atom is 0.255 e. The van der Waals surface area contributed by atoms with Crippen molar-refractivity contribution in [3.63, 3.8) is 0 Å². The fraction of sp³-hybridized carbons (Fsp3) is 0.235. The minimum Gasteiger partial charge on any atom is -0.493 e. The van der Waals surface area contributed by atoms with Crippen LogP contribution in [-0.4, -0.2) is 20.1 Å². The Kier molecular flexibility index (Phi) is 5.01. The van der Waals surface area contributed by atoms with Crippen molar-refractivity contribution in [1.82, 2.24) is 0 Å². The first-order valence-electron chi connectivity index (χ1n) is 6.94. The third-order valence-corrected chi connectivity index (χ3v) is 3.34. The molecule has 0 aliphatic carbocycles. The van der Waals surface area contributed by atoms with Gasteiger partial charge in [-0.05, 0) is 42.8 Å². The van der Waals surface area contributed by atoms with E-state index in [4.69, 9.17) is 15.2 Å². The maximum absolute atomic E-state index is 12.3. The molecule has 0 spiro atoms. The van der Waals surface area contributed by atoms with Gasteiger partial charge in [0.1, 0.15) is 0 Å². The Balaban J connectivity index is 2.15. The van der Waals surface area contributed by atoms with Gasteiger partial charge in [0.15, 0.2) is 11.5 Å². The average molecular weight is 300 g/mol. The Labute approximate surface area is 130 Å². The van der Waals surface area contributed by atoms with E-state index in [9.17, 15) is 4.79 Å². The van der Waals surface area contributed by atoms with Crippen molar-refractivity contribution in [2.75, 3.05) is 19.5 Å². The molecule has 0 aliphatic heterocycles. The van der Waals surface area contributed by atoms with Crippen molar-refractivity contribution < 1.29 is 14.3 Å². The number of methoxy groups -OCH3 is 2. The van der Waals surface area contributed by atoms with Crippen molar-refractivity contribution in [1.29, 1.82) is 0 Å². The van der Waals surface area contributed by atoms with Gasteiger partial charge in [0, 0.05) is 17.3 Å². The highest BCUT2D eigenvalue weighted by Crippen LogP contribution is 2.27. The molecule has 3 N–H and O–H groups in total. The van der Waals surface area contributed by atoms with Crippen LogP contribution in [0.5, 0.6) is 11.5 Å². The molecule has 1 atom stereocenters. The van der Waals surface area contributed by atoms with Crippen LogP contribution in [0.1, 0.15) is 28.9 Å². The lowest BCUT2D eigenvalue weighted by atomic mass is 10.1. The van der Waals surface area contributed by atoms with Gasteiger partial charge in [-0.15, -0.1) is 0 Å². The van der Waals surface area contributed by atoms with Crippen LogP contribution in [0.25, 0.3) is 0 Å². The maximum atomic E-state index is 12.3. The number of hydrogen-bond acceptors (Lipinski definition) is 4. The molecule has 0 bridgehead atoms. The molecular weight excluding hydrogens is 280 g/mol. The first kappa shape index (κ1) is 15.9. The number of amides is 1. The summed E-state index contributed by atoms with van der Waals surface area (Å²) >= 11 is 0. The van der Waals surface area contributed by atoms with E-state index in [0.717, 1.165) is 5.56 Å². The molecule has 22 heavy (non-hydrogen) atoms. The zero-order chi connectivity index (χ0) is 16.1. The molecule has 1 unspecified atom stereocenters. The molecule has 0 fully saturated rings. The first-order valence-corrected chi connectivity index (χ1v) is 6.94. The van der Waals surface area contributed by atoms with Gasteiger partial charge in [0.05, 0.1) is 14.2 Å². The standard InChI is InChI=1S/C17H20N2O3/c1-11(18)12-4-7-14(8-5-12)19-17(20)13-6-9-15(21-2)16(10-13)22-3/h4-11H,18H2,1-3H3,(H,19,20). The lowest BCUT2D eigenvalue weighted by Crippen LogP contribution is -2.12. The summed E-state index contributed by atoms with van der Waals surface area (Å²) < 4.78 is 10.4. The van der Waals surface area contributed by atoms with E-state index in [2.05, 4.69) is 5.32 Å². The van der Waals surface area contributed by atoms with E-state index in [1.54, 1.807) is 25.3 Å². The number of benzene rings is 2. The number of ether oxygens (including phenoxy) is 2. The fourth-order valence-electron chi connectivity index (χ4n) is 2.05. The quantitative estimate of drug-likeness (QED) is 0.890. The SMILES string of the molecule is COc1ccc(C(=O)Nc2ccc(C(C)N)cc2)cc1OC. The number of rotatable bonds is 5. The summed E-state index contributed by atoms with van der Waals surface area (Å²) in [6, 6.07) is 12.5. The fourth-order valence-corrected chi connectivity index (χ4v) is 2.05. The summed E-state index contributed by atoms with van der Waals surface area (Å²) in [5, 5.41) is 2.84. The molecule has 0 aromatic heterocycles. The van der Waals surface area contributed by atoms with Crippen molar-refractivity contribution in [3.05, 3.63) is 53.6 Å². The molecule has 2 rings (SSSR count). The van der Waals surface area contributed by atoms with E-state index in [1.807, 2.05) is 31.2 Å². The minimum absolute atomic E-state index is 0.0319. The Morgan fingerprint density at radius 3 is 2.23 bits per heavy atom. The van der Waals surface area contributed by atoms with Crippen LogP contribution >= 0.6 is 0 Å². The second-order valence-electron chi connectivity index (χ2n) is 4.93. The molecule has 2 aromatic rings. The number of nitrogens with two attached hydrogens (primary N) is 1. The molecule has 5 heteroatoms. The largest absolute Gasteiger partial charge is 0.493 e. The van der Waals surface area contributed by atoms with Gasteiger partial charge < -0.3 is 20.5 Å². The van der Waals surface area contributed by atoms with Crippen LogP contribution in [0.2, 0.25) is 0 Å². The summed E-state index contributed by atoms with van der Waals surface area (Å²) in [6.45, 7) is 1.91. The Morgan fingerprint density at radius 2 is 1.68 bits per heavy atom. The van der Waals surface area contributed by atoms with Crippen LogP contribution in [-0.2, 0) is 0 Å². The van der Waals surface area contributed by atoms with Gasteiger partial charge in [0.25, 0.3) is 5.91 Å². The molecule has 5 nitrogen and oxygen atoms in total. The monoisotopic (exact) mass is 300 g/mol. The number of nitrogens with one attached hydrogen (secondary N) is 1. The topological polar surface area (TPSA) is 73.6 Å². The summed E-state index contributed by atoms with van der Waals surface area (Å²) in [5.74, 6) is 0.886. The van der Waals surface area contributed by atoms with E-state index >= 15 is 0 Å². The van der Waals surface area contributed by atoms with Gasteiger partial charge in [-0.25, -0.2) is 0 Å². The van der Waals surface area contributed by atoms with E-state index in [1.165, 1.54) is 7.11 Å². The molecule has 0 saturated carbocycles. The molecule has 2 aromatic carbocycles. The van der Waals surface area contributed by atoms with Crippen molar-refractivity contribution in [3.8, 4) is 11.5 Å². The summed E-state index contributed by atoms with van der Waals surface area (Å²) in [5.41, 5.74) is 8.03. The molecule has 0 radical (unpaired) electrons. The summed E-state index contributed by atoms with van der Waals surface area (Å²) in [4.78, 5) is 12.3. The second kappa shape index (κ2) is 6.95. The van der Waals surface area contributed by atoms with E-state index < -0.39 is 0 Å². The van der Waals surface area contributed by atoms with Gasteiger partial charge in [0.2, 0.25) is 0 Å². The van der Waals surface area contributed by atoms with Crippen LogP contribution in [0.15, 0.2) is 42.5 Å². The molecule has 0 saturated heterocycles. The predicted octanol–water partition coefficient (Wildman–Crippen LogP) is 2.98. The zero-order valence-electron chi connectivity index (χ0n) is 12.9. The van der Waals surface area contributed by atoms with Crippen molar-refractivity contribution in [2.45, 2.75) is 13.0 Å². The average Bonchev–Trinajstić information content (AvgIpc) is 2.54. The Morgan fingerprint density at radius 1 is 1.05 bits per heavy atom. The normalized spacial score (nSPS) is 11.6. The zero-order valence-corrected chi connectivity index (χ0v) is 12.9. The first-order chi connectivity index (χ1) is 10.5. The van der Waals surface area contributed by atoms with Crippen LogP contribution in [0.4, 0.5) is 5.69 Å². The van der Waals surface area contributed by atoms with Gasteiger partial charge in [-0.2, -0.15) is 0 Å². The predicted molar refractivity (Wildman–Crippen MR) is 86.5 cm³/mol. The minimum atomic E-state index is -0.213.